The highest BCUT2D eigenvalue weighted by molar-refractivity contribution is 5.45. The van der Waals surface area contributed by atoms with E-state index in [-0.39, 0.29) is 0 Å². The molecule has 2 aromatic rings. The van der Waals surface area contributed by atoms with E-state index in [2.05, 4.69) is 48.2 Å². The summed E-state index contributed by atoms with van der Waals surface area (Å²) >= 11 is 0. The SMILES string of the molecule is CCNCC#Cc1c(C)nn(-c2ccccc2)c1C. The van der Waals surface area contributed by atoms with E-state index < -0.39 is 0 Å². The lowest BCUT2D eigenvalue weighted by molar-refractivity contribution is 0.811. The Morgan fingerprint density at radius 2 is 1.95 bits per heavy atom. The number of hydrogen-bond donors (Lipinski definition) is 1. The molecule has 0 spiro atoms. The minimum atomic E-state index is 0.714. The summed E-state index contributed by atoms with van der Waals surface area (Å²) in [6.07, 6.45) is 0. The monoisotopic (exact) mass is 253 g/mol. The van der Waals surface area contributed by atoms with Crippen LogP contribution in [0.25, 0.3) is 5.69 Å². The van der Waals surface area contributed by atoms with Gasteiger partial charge in [-0.05, 0) is 32.5 Å². The molecule has 0 aliphatic rings. The molecule has 1 heterocycles. The Kier molecular flexibility index (Phi) is 4.38. The Morgan fingerprint density at radius 1 is 1.21 bits per heavy atom. The topological polar surface area (TPSA) is 29.9 Å². The van der Waals surface area contributed by atoms with Gasteiger partial charge in [0.25, 0.3) is 0 Å². The first-order valence-electron chi connectivity index (χ1n) is 6.55. The lowest BCUT2D eigenvalue weighted by atomic mass is 10.2. The summed E-state index contributed by atoms with van der Waals surface area (Å²) in [5.41, 5.74) is 4.17. The maximum atomic E-state index is 4.57. The zero-order valence-corrected chi connectivity index (χ0v) is 11.7. The number of rotatable bonds is 3. The molecule has 0 amide bonds. The minimum absolute atomic E-state index is 0.714. The lowest BCUT2D eigenvalue weighted by Gasteiger charge is -2.03. The van der Waals surface area contributed by atoms with Crippen LogP contribution in [0, 0.1) is 25.7 Å². The first-order chi connectivity index (χ1) is 9.24. The molecule has 0 fully saturated rings. The zero-order chi connectivity index (χ0) is 13.7. The van der Waals surface area contributed by atoms with Gasteiger partial charge in [0.1, 0.15) is 0 Å². The summed E-state index contributed by atoms with van der Waals surface area (Å²) in [5, 5.41) is 7.77. The van der Waals surface area contributed by atoms with Crippen LogP contribution in [0.3, 0.4) is 0 Å². The largest absolute Gasteiger partial charge is 0.306 e. The van der Waals surface area contributed by atoms with E-state index in [0.717, 1.165) is 29.2 Å². The van der Waals surface area contributed by atoms with Crippen molar-refractivity contribution in [3.8, 4) is 17.5 Å². The summed E-state index contributed by atoms with van der Waals surface area (Å²) < 4.78 is 1.95. The molecular weight excluding hydrogens is 234 g/mol. The zero-order valence-electron chi connectivity index (χ0n) is 11.7. The molecule has 3 nitrogen and oxygen atoms in total. The Morgan fingerprint density at radius 3 is 2.63 bits per heavy atom. The van der Waals surface area contributed by atoms with Gasteiger partial charge in [-0.3, -0.25) is 0 Å². The van der Waals surface area contributed by atoms with Crippen molar-refractivity contribution in [1.29, 1.82) is 0 Å². The van der Waals surface area contributed by atoms with Gasteiger partial charge in [-0.25, -0.2) is 4.68 Å². The van der Waals surface area contributed by atoms with Gasteiger partial charge in [-0.1, -0.05) is 37.0 Å². The average Bonchev–Trinajstić information content (AvgIpc) is 2.72. The van der Waals surface area contributed by atoms with Crippen molar-refractivity contribution >= 4 is 0 Å². The lowest BCUT2D eigenvalue weighted by Crippen LogP contribution is -2.11. The number of nitrogens with one attached hydrogen (secondary N) is 1. The van der Waals surface area contributed by atoms with Gasteiger partial charge in [0.05, 0.1) is 29.2 Å². The quantitative estimate of drug-likeness (QED) is 0.672. The number of aromatic nitrogens is 2. The van der Waals surface area contributed by atoms with Crippen LogP contribution in [-0.4, -0.2) is 22.9 Å². The first kappa shape index (κ1) is 13.4. The second-order valence-electron chi connectivity index (χ2n) is 4.38. The third-order valence-corrected chi connectivity index (χ3v) is 2.97. The van der Waals surface area contributed by atoms with Crippen LogP contribution in [0.15, 0.2) is 30.3 Å². The molecule has 19 heavy (non-hydrogen) atoms. The number of nitrogens with zero attached hydrogens (tertiary/aromatic N) is 2. The molecule has 2 rings (SSSR count). The van der Waals surface area contributed by atoms with Crippen molar-refractivity contribution in [2.45, 2.75) is 20.8 Å². The molecule has 0 saturated heterocycles. The maximum Gasteiger partial charge on any atom is 0.0757 e. The van der Waals surface area contributed by atoms with Crippen molar-refractivity contribution in [2.24, 2.45) is 0 Å². The van der Waals surface area contributed by atoms with Crippen LogP contribution in [0.2, 0.25) is 0 Å². The summed E-state index contributed by atoms with van der Waals surface area (Å²) in [7, 11) is 0. The predicted molar refractivity (Wildman–Crippen MR) is 78.5 cm³/mol. The second kappa shape index (κ2) is 6.21. The van der Waals surface area contributed by atoms with Crippen LogP contribution < -0.4 is 5.32 Å². The van der Waals surface area contributed by atoms with Gasteiger partial charge in [0, 0.05) is 0 Å². The Hall–Kier alpha value is -2.05. The summed E-state index contributed by atoms with van der Waals surface area (Å²) in [5.74, 6) is 6.34. The predicted octanol–water partition coefficient (Wildman–Crippen LogP) is 2.45. The van der Waals surface area contributed by atoms with E-state index in [9.17, 15) is 0 Å². The smallest absolute Gasteiger partial charge is 0.0757 e. The minimum Gasteiger partial charge on any atom is -0.306 e. The first-order valence-corrected chi connectivity index (χ1v) is 6.55. The molecule has 0 aliphatic carbocycles. The van der Waals surface area contributed by atoms with Crippen LogP contribution in [0.1, 0.15) is 23.9 Å². The van der Waals surface area contributed by atoms with Gasteiger partial charge in [-0.2, -0.15) is 5.10 Å². The molecule has 98 valence electrons. The van der Waals surface area contributed by atoms with E-state index in [1.807, 2.05) is 29.8 Å². The molecule has 0 radical (unpaired) electrons. The number of benzene rings is 1. The number of para-hydroxylation sites is 1. The third kappa shape index (κ3) is 3.04. The third-order valence-electron chi connectivity index (χ3n) is 2.97. The van der Waals surface area contributed by atoms with Gasteiger partial charge >= 0.3 is 0 Å². The number of hydrogen-bond acceptors (Lipinski definition) is 2. The van der Waals surface area contributed by atoms with E-state index in [0.29, 0.717) is 6.54 Å². The highest BCUT2D eigenvalue weighted by Crippen LogP contribution is 2.16. The number of aryl methyl sites for hydroxylation is 1. The van der Waals surface area contributed by atoms with E-state index in [1.54, 1.807) is 0 Å². The fourth-order valence-electron chi connectivity index (χ4n) is 1.96. The normalized spacial score (nSPS) is 10.1. The van der Waals surface area contributed by atoms with Gasteiger partial charge < -0.3 is 5.32 Å². The molecule has 0 bridgehead atoms. The molecule has 0 unspecified atom stereocenters. The van der Waals surface area contributed by atoms with Gasteiger partial charge in [0.2, 0.25) is 0 Å². The molecule has 1 N–H and O–H groups in total. The molecule has 0 aliphatic heterocycles. The Bertz CT molecular complexity index is 600. The van der Waals surface area contributed by atoms with Crippen LogP contribution >= 0.6 is 0 Å². The molecule has 1 aromatic heterocycles. The van der Waals surface area contributed by atoms with Gasteiger partial charge in [0.15, 0.2) is 0 Å². The summed E-state index contributed by atoms with van der Waals surface area (Å²) in [6.45, 7) is 7.79. The van der Waals surface area contributed by atoms with Crippen LogP contribution in [0.4, 0.5) is 0 Å². The van der Waals surface area contributed by atoms with Gasteiger partial charge in [-0.15, -0.1) is 0 Å². The molecular formula is C16H19N3. The average molecular weight is 253 g/mol. The summed E-state index contributed by atoms with van der Waals surface area (Å²) in [6, 6.07) is 10.1. The highest BCUT2D eigenvalue weighted by Gasteiger charge is 2.10. The Balaban J connectivity index is 2.32. The fourth-order valence-corrected chi connectivity index (χ4v) is 1.96. The van der Waals surface area contributed by atoms with Crippen molar-refractivity contribution in [2.75, 3.05) is 13.1 Å². The van der Waals surface area contributed by atoms with Crippen LogP contribution in [0.5, 0.6) is 0 Å². The van der Waals surface area contributed by atoms with E-state index in [4.69, 9.17) is 0 Å². The molecule has 0 atom stereocenters. The molecule has 1 aromatic carbocycles. The molecule has 0 saturated carbocycles. The van der Waals surface area contributed by atoms with Crippen molar-refractivity contribution in [3.63, 3.8) is 0 Å². The second-order valence-corrected chi connectivity index (χ2v) is 4.38. The van der Waals surface area contributed by atoms with E-state index in [1.165, 1.54) is 0 Å². The Labute approximate surface area is 114 Å². The van der Waals surface area contributed by atoms with Crippen molar-refractivity contribution < 1.29 is 0 Å². The van der Waals surface area contributed by atoms with E-state index >= 15 is 0 Å². The van der Waals surface area contributed by atoms with Crippen molar-refractivity contribution in [3.05, 3.63) is 47.3 Å². The van der Waals surface area contributed by atoms with Crippen molar-refractivity contribution in [1.82, 2.24) is 15.1 Å². The summed E-state index contributed by atoms with van der Waals surface area (Å²) in [4.78, 5) is 0. The highest BCUT2D eigenvalue weighted by atomic mass is 15.3. The van der Waals surface area contributed by atoms with Crippen LogP contribution in [-0.2, 0) is 0 Å². The molecule has 3 heteroatoms. The fraction of sp³-hybridized carbons (Fsp3) is 0.312. The maximum absolute atomic E-state index is 4.57. The standard InChI is InChI=1S/C16H19N3/c1-4-17-12-8-11-16-13(2)18-19(14(16)3)15-9-6-5-7-10-15/h5-7,9-10,17H,4,12H2,1-3H3.